The molecule has 0 atom stereocenters. The molecule has 0 amide bonds. The topological polar surface area (TPSA) is 58.7 Å². The average Bonchev–Trinajstić information content (AvgIpc) is 3.00. The summed E-state index contributed by atoms with van der Waals surface area (Å²) in [5, 5.41) is 8.65. The molecule has 1 saturated carbocycles. The van der Waals surface area contributed by atoms with E-state index in [0.717, 1.165) is 12.8 Å². The first-order valence-electron chi connectivity index (χ1n) is 4.85. The van der Waals surface area contributed by atoms with Crippen molar-refractivity contribution in [1.29, 1.82) is 5.26 Å². The van der Waals surface area contributed by atoms with Gasteiger partial charge >= 0.3 is 0 Å². The molecular weight excluding hydrogens is 249 g/mol. The van der Waals surface area contributed by atoms with Gasteiger partial charge in [-0.05, 0) is 12.8 Å². The number of halogens is 2. The largest absolute Gasteiger partial charge is 0.297 e. The lowest BCUT2D eigenvalue weighted by atomic mass is 10.0. The highest BCUT2D eigenvalue weighted by Crippen LogP contribution is 2.49. The summed E-state index contributed by atoms with van der Waals surface area (Å²) in [6.07, 6.45) is 3.77. The summed E-state index contributed by atoms with van der Waals surface area (Å²) in [6.45, 7) is 0.489. The Balaban J connectivity index is 2.27. The Bertz CT molecular complexity index is 514. The monoisotopic (exact) mass is 257 g/mol. The molecule has 0 bridgehead atoms. The first-order chi connectivity index (χ1) is 7.58. The summed E-state index contributed by atoms with van der Waals surface area (Å²) in [4.78, 5) is 15.5. The SMILES string of the molecule is N#CCC1(Cn2cnc(Cl)c(Cl)c2=O)CC1. The van der Waals surface area contributed by atoms with Crippen molar-refractivity contribution in [1.82, 2.24) is 9.55 Å². The molecule has 0 saturated heterocycles. The first kappa shape index (κ1) is 11.4. The normalized spacial score (nSPS) is 16.8. The van der Waals surface area contributed by atoms with Crippen molar-refractivity contribution in [2.45, 2.75) is 25.8 Å². The van der Waals surface area contributed by atoms with Gasteiger partial charge in [0.1, 0.15) is 5.02 Å². The molecular formula is C10H9Cl2N3O. The van der Waals surface area contributed by atoms with Crippen molar-refractivity contribution in [2.75, 3.05) is 0 Å². The van der Waals surface area contributed by atoms with Crippen LogP contribution >= 0.6 is 23.2 Å². The molecule has 2 rings (SSSR count). The zero-order chi connectivity index (χ0) is 11.8. The minimum Gasteiger partial charge on any atom is -0.297 e. The molecule has 0 unspecified atom stereocenters. The summed E-state index contributed by atoms with van der Waals surface area (Å²) < 4.78 is 1.43. The number of aromatic nitrogens is 2. The van der Waals surface area contributed by atoms with Crippen LogP contribution in [-0.4, -0.2) is 9.55 Å². The molecule has 1 aliphatic carbocycles. The Hall–Kier alpha value is -1.05. The molecule has 1 aromatic rings. The average molecular weight is 258 g/mol. The Morgan fingerprint density at radius 2 is 2.25 bits per heavy atom. The Labute approximate surface area is 102 Å². The molecule has 0 aliphatic heterocycles. The molecule has 1 aliphatic rings. The minimum atomic E-state index is -0.342. The highest BCUT2D eigenvalue weighted by Gasteiger charge is 2.43. The van der Waals surface area contributed by atoms with Gasteiger partial charge in [-0.1, -0.05) is 23.2 Å². The molecule has 1 aromatic heterocycles. The van der Waals surface area contributed by atoms with E-state index >= 15 is 0 Å². The Morgan fingerprint density at radius 1 is 1.56 bits per heavy atom. The maximum absolute atomic E-state index is 11.7. The van der Waals surface area contributed by atoms with Gasteiger partial charge in [0.2, 0.25) is 0 Å². The zero-order valence-corrected chi connectivity index (χ0v) is 9.92. The van der Waals surface area contributed by atoms with Crippen LogP contribution in [0.25, 0.3) is 0 Å². The van der Waals surface area contributed by atoms with E-state index in [1.165, 1.54) is 10.9 Å². The fourth-order valence-corrected chi connectivity index (χ4v) is 1.93. The van der Waals surface area contributed by atoms with Gasteiger partial charge in [-0.3, -0.25) is 9.36 Å². The molecule has 84 valence electrons. The predicted octanol–water partition coefficient (Wildman–Crippen LogP) is 2.24. The maximum atomic E-state index is 11.7. The van der Waals surface area contributed by atoms with Gasteiger partial charge in [0.25, 0.3) is 5.56 Å². The maximum Gasteiger partial charge on any atom is 0.273 e. The predicted molar refractivity (Wildman–Crippen MR) is 60.4 cm³/mol. The van der Waals surface area contributed by atoms with Crippen LogP contribution in [0.3, 0.4) is 0 Å². The van der Waals surface area contributed by atoms with E-state index in [9.17, 15) is 4.79 Å². The van der Waals surface area contributed by atoms with Crippen LogP contribution in [-0.2, 0) is 6.54 Å². The van der Waals surface area contributed by atoms with Crippen molar-refractivity contribution >= 4 is 23.2 Å². The fourth-order valence-electron chi connectivity index (χ4n) is 1.65. The van der Waals surface area contributed by atoms with Gasteiger partial charge in [-0.15, -0.1) is 0 Å². The smallest absolute Gasteiger partial charge is 0.273 e. The first-order valence-corrected chi connectivity index (χ1v) is 5.61. The van der Waals surface area contributed by atoms with Crippen LogP contribution in [0.2, 0.25) is 10.2 Å². The lowest BCUT2D eigenvalue weighted by molar-refractivity contribution is 0.420. The molecule has 1 fully saturated rings. The molecule has 6 heteroatoms. The summed E-state index contributed by atoms with van der Waals surface area (Å²) in [6, 6.07) is 2.14. The quantitative estimate of drug-likeness (QED) is 0.781. The lowest BCUT2D eigenvalue weighted by Crippen LogP contribution is -2.25. The molecule has 0 aromatic carbocycles. The second kappa shape index (κ2) is 4.08. The van der Waals surface area contributed by atoms with Crippen molar-refractivity contribution in [3.63, 3.8) is 0 Å². The van der Waals surface area contributed by atoms with Crippen LogP contribution in [0.15, 0.2) is 11.1 Å². The number of hydrogen-bond donors (Lipinski definition) is 0. The van der Waals surface area contributed by atoms with Gasteiger partial charge in [0.15, 0.2) is 5.15 Å². The minimum absolute atomic E-state index is 0.0213. The van der Waals surface area contributed by atoms with Crippen molar-refractivity contribution in [2.24, 2.45) is 5.41 Å². The van der Waals surface area contributed by atoms with Gasteiger partial charge in [0.05, 0.1) is 12.4 Å². The van der Waals surface area contributed by atoms with Crippen LogP contribution in [0, 0.1) is 16.7 Å². The number of hydrogen-bond acceptors (Lipinski definition) is 3. The van der Waals surface area contributed by atoms with Gasteiger partial charge < -0.3 is 0 Å². The zero-order valence-electron chi connectivity index (χ0n) is 8.41. The van der Waals surface area contributed by atoms with E-state index in [0.29, 0.717) is 13.0 Å². The summed E-state index contributed by atoms with van der Waals surface area (Å²) in [5.74, 6) is 0. The van der Waals surface area contributed by atoms with Gasteiger partial charge in [-0.25, -0.2) is 4.98 Å². The van der Waals surface area contributed by atoms with Gasteiger partial charge in [-0.2, -0.15) is 5.26 Å². The summed E-state index contributed by atoms with van der Waals surface area (Å²) in [5.41, 5.74) is -0.400. The number of rotatable bonds is 3. The molecule has 16 heavy (non-hydrogen) atoms. The standard InChI is InChI=1S/C10H9Cl2N3O/c11-7-8(12)14-6-15(9(7)16)5-10(1-2-10)3-4-13/h6H,1-3,5H2. The van der Waals surface area contributed by atoms with Crippen molar-refractivity contribution in [3.8, 4) is 6.07 Å². The molecule has 0 radical (unpaired) electrons. The van der Waals surface area contributed by atoms with Crippen molar-refractivity contribution in [3.05, 3.63) is 26.9 Å². The Kier molecular flexibility index (Phi) is 2.92. The van der Waals surface area contributed by atoms with Crippen molar-refractivity contribution < 1.29 is 0 Å². The summed E-state index contributed by atoms with van der Waals surface area (Å²) >= 11 is 11.3. The van der Waals surface area contributed by atoms with Crippen LogP contribution < -0.4 is 5.56 Å². The van der Waals surface area contributed by atoms with E-state index in [1.807, 2.05) is 0 Å². The van der Waals surface area contributed by atoms with Crippen LogP contribution in [0.4, 0.5) is 0 Å². The highest BCUT2D eigenvalue weighted by atomic mass is 35.5. The fraction of sp³-hybridized carbons (Fsp3) is 0.500. The lowest BCUT2D eigenvalue weighted by Gasteiger charge is -2.12. The van der Waals surface area contributed by atoms with Crippen LogP contribution in [0.1, 0.15) is 19.3 Å². The highest BCUT2D eigenvalue weighted by molar-refractivity contribution is 6.40. The second-order valence-corrected chi connectivity index (χ2v) is 4.85. The molecule has 0 N–H and O–H groups in total. The third-order valence-electron chi connectivity index (χ3n) is 2.86. The molecule has 4 nitrogen and oxygen atoms in total. The summed E-state index contributed by atoms with van der Waals surface area (Å²) in [7, 11) is 0. The van der Waals surface area contributed by atoms with E-state index in [-0.39, 0.29) is 21.2 Å². The van der Waals surface area contributed by atoms with E-state index in [4.69, 9.17) is 28.5 Å². The van der Waals surface area contributed by atoms with E-state index < -0.39 is 0 Å². The number of nitrogens with zero attached hydrogens (tertiary/aromatic N) is 3. The third kappa shape index (κ3) is 2.06. The van der Waals surface area contributed by atoms with Crippen LogP contribution in [0.5, 0.6) is 0 Å². The second-order valence-electron chi connectivity index (χ2n) is 4.12. The van der Waals surface area contributed by atoms with E-state index in [1.54, 1.807) is 0 Å². The Morgan fingerprint density at radius 3 is 2.81 bits per heavy atom. The molecule has 0 spiro atoms. The van der Waals surface area contributed by atoms with Gasteiger partial charge in [0, 0.05) is 18.4 Å². The van der Waals surface area contributed by atoms with E-state index in [2.05, 4.69) is 11.1 Å². The molecule has 1 heterocycles. The number of nitriles is 1. The third-order valence-corrected chi connectivity index (χ3v) is 3.58.